The summed E-state index contributed by atoms with van der Waals surface area (Å²) in [6.45, 7) is 6.04. The van der Waals surface area contributed by atoms with E-state index in [-0.39, 0.29) is 24.0 Å². The van der Waals surface area contributed by atoms with Crippen LogP contribution in [0.2, 0.25) is 0 Å². The van der Waals surface area contributed by atoms with Gasteiger partial charge in [0.25, 0.3) is 0 Å². The van der Waals surface area contributed by atoms with E-state index in [0.717, 1.165) is 18.5 Å². The fourth-order valence-corrected chi connectivity index (χ4v) is 3.59. The molecule has 0 saturated carbocycles. The highest BCUT2D eigenvalue weighted by molar-refractivity contribution is 5.98. The van der Waals surface area contributed by atoms with E-state index in [9.17, 15) is 9.59 Å². The standard InChI is InChI=1S/C17H23N3O2/c1-3-18(4-2)16(21)15-11-10-14-12-19(17(22)20(14)15)13-8-6-5-7-9-13/h5-9,14-15H,3-4,10-12H2,1-2H3. The van der Waals surface area contributed by atoms with Crippen molar-refractivity contribution in [2.24, 2.45) is 0 Å². The Bertz CT molecular complexity index is 556. The highest BCUT2D eigenvalue weighted by atomic mass is 16.2. The topological polar surface area (TPSA) is 43.9 Å². The van der Waals surface area contributed by atoms with Gasteiger partial charge in [0.2, 0.25) is 5.91 Å². The maximum absolute atomic E-state index is 12.8. The summed E-state index contributed by atoms with van der Waals surface area (Å²) in [5.41, 5.74) is 0.913. The number of anilines is 1. The van der Waals surface area contributed by atoms with Crippen LogP contribution in [0.1, 0.15) is 26.7 Å². The molecule has 2 unspecified atom stereocenters. The second kappa shape index (κ2) is 5.99. The zero-order valence-electron chi connectivity index (χ0n) is 13.2. The van der Waals surface area contributed by atoms with Crippen LogP contribution >= 0.6 is 0 Å². The number of hydrogen-bond donors (Lipinski definition) is 0. The van der Waals surface area contributed by atoms with Gasteiger partial charge in [0.1, 0.15) is 6.04 Å². The largest absolute Gasteiger partial charge is 0.341 e. The number of benzene rings is 1. The first-order chi connectivity index (χ1) is 10.7. The van der Waals surface area contributed by atoms with E-state index in [1.807, 2.05) is 54.0 Å². The van der Waals surface area contributed by atoms with E-state index >= 15 is 0 Å². The van der Waals surface area contributed by atoms with Crippen LogP contribution in [0.4, 0.5) is 10.5 Å². The van der Waals surface area contributed by atoms with Crippen LogP contribution in [0.5, 0.6) is 0 Å². The molecule has 0 N–H and O–H groups in total. The molecule has 1 aromatic carbocycles. The summed E-state index contributed by atoms with van der Waals surface area (Å²) in [6, 6.07) is 9.55. The fraction of sp³-hybridized carbons (Fsp3) is 0.529. The third kappa shape index (κ3) is 2.34. The summed E-state index contributed by atoms with van der Waals surface area (Å²) in [5.74, 6) is 0.0933. The van der Waals surface area contributed by atoms with E-state index in [4.69, 9.17) is 0 Å². The Morgan fingerprint density at radius 3 is 2.50 bits per heavy atom. The smallest absolute Gasteiger partial charge is 0.325 e. The SMILES string of the molecule is CCN(CC)C(=O)C1CCC2CN(c3ccccc3)C(=O)N21. The van der Waals surface area contributed by atoms with Crippen molar-refractivity contribution in [2.75, 3.05) is 24.5 Å². The molecule has 2 aliphatic rings. The molecule has 2 atom stereocenters. The third-order valence-electron chi connectivity index (χ3n) is 4.78. The van der Waals surface area contributed by atoms with Crippen LogP contribution in [0.15, 0.2) is 30.3 Å². The van der Waals surface area contributed by atoms with Gasteiger partial charge in [-0.2, -0.15) is 0 Å². The molecule has 3 amide bonds. The third-order valence-corrected chi connectivity index (χ3v) is 4.78. The second-order valence-electron chi connectivity index (χ2n) is 5.89. The van der Waals surface area contributed by atoms with Gasteiger partial charge in [-0.15, -0.1) is 0 Å². The first-order valence-corrected chi connectivity index (χ1v) is 8.11. The minimum Gasteiger partial charge on any atom is -0.341 e. The molecular formula is C17H23N3O2. The maximum Gasteiger partial charge on any atom is 0.325 e. The predicted octanol–water partition coefficient (Wildman–Crippen LogP) is 2.33. The molecular weight excluding hydrogens is 278 g/mol. The number of carbonyl (C=O) groups is 2. The van der Waals surface area contributed by atoms with Crippen molar-refractivity contribution in [1.29, 1.82) is 0 Å². The number of nitrogens with zero attached hydrogens (tertiary/aromatic N) is 3. The number of carbonyl (C=O) groups excluding carboxylic acids is 2. The van der Waals surface area contributed by atoms with Crippen molar-refractivity contribution >= 4 is 17.6 Å². The van der Waals surface area contributed by atoms with Gasteiger partial charge in [-0.3, -0.25) is 9.69 Å². The molecule has 0 aromatic heterocycles. The average Bonchev–Trinajstić information content (AvgIpc) is 3.10. The van der Waals surface area contributed by atoms with Crippen LogP contribution in [0, 0.1) is 0 Å². The van der Waals surface area contributed by atoms with E-state index < -0.39 is 0 Å². The number of fused-ring (bicyclic) bond motifs is 1. The quantitative estimate of drug-likeness (QED) is 0.856. The maximum atomic E-state index is 12.8. The molecule has 0 radical (unpaired) electrons. The van der Waals surface area contributed by atoms with Crippen LogP contribution < -0.4 is 4.90 Å². The van der Waals surface area contributed by atoms with E-state index in [1.54, 1.807) is 4.90 Å². The predicted molar refractivity (Wildman–Crippen MR) is 85.8 cm³/mol. The minimum absolute atomic E-state index is 0.0285. The molecule has 0 spiro atoms. The number of likely N-dealkylation sites (N-methyl/N-ethyl adjacent to an activating group) is 1. The Labute approximate surface area is 131 Å². The van der Waals surface area contributed by atoms with Gasteiger partial charge < -0.3 is 9.80 Å². The van der Waals surface area contributed by atoms with Crippen molar-refractivity contribution in [3.05, 3.63) is 30.3 Å². The van der Waals surface area contributed by atoms with Crippen molar-refractivity contribution < 1.29 is 9.59 Å². The van der Waals surface area contributed by atoms with Gasteiger partial charge in [-0.1, -0.05) is 18.2 Å². The number of para-hydroxylation sites is 1. The molecule has 5 nitrogen and oxygen atoms in total. The minimum atomic E-state index is -0.286. The first kappa shape index (κ1) is 14.9. The van der Waals surface area contributed by atoms with Crippen molar-refractivity contribution in [3.8, 4) is 0 Å². The molecule has 2 saturated heterocycles. The molecule has 0 bridgehead atoms. The van der Waals surface area contributed by atoms with Gasteiger partial charge in [0, 0.05) is 25.3 Å². The van der Waals surface area contributed by atoms with E-state index in [0.29, 0.717) is 19.6 Å². The van der Waals surface area contributed by atoms with Gasteiger partial charge in [0.05, 0.1) is 6.04 Å². The summed E-state index contributed by atoms with van der Waals surface area (Å²) < 4.78 is 0. The number of rotatable bonds is 4. The Kier molecular flexibility index (Phi) is 4.05. The Morgan fingerprint density at radius 1 is 1.18 bits per heavy atom. The van der Waals surface area contributed by atoms with Crippen molar-refractivity contribution in [2.45, 2.75) is 38.8 Å². The lowest BCUT2D eigenvalue weighted by molar-refractivity contribution is -0.134. The monoisotopic (exact) mass is 301 g/mol. The highest BCUT2D eigenvalue weighted by Gasteiger charge is 2.49. The average molecular weight is 301 g/mol. The zero-order chi connectivity index (χ0) is 15.7. The lowest BCUT2D eigenvalue weighted by Crippen LogP contribution is -2.48. The molecule has 1 aromatic rings. The summed E-state index contributed by atoms with van der Waals surface area (Å²) in [7, 11) is 0. The molecule has 22 heavy (non-hydrogen) atoms. The Hall–Kier alpha value is -2.04. The summed E-state index contributed by atoms with van der Waals surface area (Å²) in [5, 5.41) is 0. The van der Waals surface area contributed by atoms with E-state index in [2.05, 4.69) is 0 Å². The molecule has 0 aliphatic carbocycles. The van der Waals surface area contributed by atoms with Crippen LogP contribution in [0.3, 0.4) is 0 Å². The summed E-state index contributed by atoms with van der Waals surface area (Å²) in [6.07, 6.45) is 1.70. The zero-order valence-corrected chi connectivity index (χ0v) is 13.2. The molecule has 2 fully saturated rings. The molecule has 2 heterocycles. The van der Waals surface area contributed by atoms with E-state index in [1.165, 1.54) is 0 Å². The Balaban J connectivity index is 1.80. The highest BCUT2D eigenvalue weighted by Crippen LogP contribution is 2.34. The van der Waals surface area contributed by atoms with Crippen LogP contribution in [-0.4, -0.2) is 53.5 Å². The lowest BCUT2D eigenvalue weighted by atomic mass is 10.1. The van der Waals surface area contributed by atoms with Crippen LogP contribution in [-0.2, 0) is 4.79 Å². The van der Waals surface area contributed by atoms with Gasteiger partial charge in [-0.05, 0) is 38.8 Å². The normalized spacial score (nSPS) is 23.8. The fourth-order valence-electron chi connectivity index (χ4n) is 3.59. The van der Waals surface area contributed by atoms with Crippen molar-refractivity contribution in [3.63, 3.8) is 0 Å². The van der Waals surface area contributed by atoms with Crippen LogP contribution in [0.25, 0.3) is 0 Å². The molecule has 3 rings (SSSR count). The van der Waals surface area contributed by atoms with Gasteiger partial charge in [0.15, 0.2) is 0 Å². The number of amides is 3. The molecule has 2 aliphatic heterocycles. The number of urea groups is 1. The Morgan fingerprint density at radius 2 is 1.86 bits per heavy atom. The van der Waals surface area contributed by atoms with Gasteiger partial charge in [-0.25, -0.2) is 4.79 Å². The van der Waals surface area contributed by atoms with Crippen molar-refractivity contribution in [1.82, 2.24) is 9.80 Å². The summed E-state index contributed by atoms with van der Waals surface area (Å²) >= 11 is 0. The lowest BCUT2D eigenvalue weighted by Gasteiger charge is -2.28. The first-order valence-electron chi connectivity index (χ1n) is 8.11. The number of hydrogen-bond acceptors (Lipinski definition) is 2. The second-order valence-corrected chi connectivity index (χ2v) is 5.89. The van der Waals surface area contributed by atoms with Gasteiger partial charge >= 0.3 is 6.03 Å². The molecule has 5 heteroatoms. The molecule has 118 valence electrons. The summed E-state index contributed by atoms with van der Waals surface area (Å²) in [4.78, 5) is 30.9.